The fourth-order valence-electron chi connectivity index (χ4n) is 4.33. The van der Waals surface area contributed by atoms with Crippen molar-refractivity contribution in [1.29, 1.82) is 0 Å². The summed E-state index contributed by atoms with van der Waals surface area (Å²) in [6, 6.07) is 18.4. The summed E-state index contributed by atoms with van der Waals surface area (Å²) in [4.78, 5) is 14.9. The number of carbonyl (C=O) groups is 1. The summed E-state index contributed by atoms with van der Waals surface area (Å²) in [6.07, 6.45) is -4.03. The van der Waals surface area contributed by atoms with E-state index in [9.17, 15) is 18.0 Å². The topological polar surface area (TPSA) is 32.3 Å². The van der Waals surface area contributed by atoms with Gasteiger partial charge in [0.2, 0.25) is 0 Å². The highest BCUT2D eigenvalue weighted by molar-refractivity contribution is 6.08. The predicted octanol–water partition coefficient (Wildman–Crippen LogP) is 6.91. The maximum atomic E-state index is 13.6. The number of alkyl halides is 3. The van der Waals surface area contributed by atoms with Crippen LogP contribution in [0.25, 0.3) is 0 Å². The summed E-state index contributed by atoms with van der Waals surface area (Å²) >= 11 is 0. The van der Waals surface area contributed by atoms with E-state index in [2.05, 4.69) is 5.32 Å². The molecule has 6 heteroatoms. The van der Waals surface area contributed by atoms with E-state index >= 15 is 0 Å². The maximum Gasteiger partial charge on any atom is 0.417 e. The van der Waals surface area contributed by atoms with Crippen molar-refractivity contribution in [3.8, 4) is 0 Å². The highest BCUT2D eigenvalue weighted by Gasteiger charge is 2.39. The van der Waals surface area contributed by atoms with Gasteiger partial charge in [0.1, 0.15) is 0 Å². The molecule has 1 aliphatic heterocycles. The van der Waals surface area contributed by atoms with Gasteiger partial charge in [-0.1, -0.05) is 47.5 Å². The highest BCUT2D eigenvalue weighted by Crippen LogP contribution is 2.41. The Morgan fingerprint density at radius 3 is 2.31 bits per heavy atom. The molecule has 0 spiro atoms. The average Bonchev–Trinajstić information content (AvgIpc) is 2.75. The first-order chi connectivity index (χ1) is 15.1. The van der Waals surface area contributed by atoms with Crippen molar-refractivity contribution in [2.75, 3.05) is 10.2 Å². The van der Waals surface area contributed by atoms with E-state index in [0.717, 1.165) is 28.4 Å². The number of benzene rings is 3. The molecule has 0 fully saturated rings. The largest absolute Gasteiger partial charge is 0.417 e. The number of fused-ring (bicyclic) bond motifs is 1. The van der Waals surface area contributed by atoms with Crippen LogP contribution in [0.2, 0.25) is 0 Å². The molecule has 3 aromatic carbocycles. The molecule has 32 heavy (non-hydrogen) atoms. The molecule has 0 aliphatic carbocycles. The molecule has 3 aromatic rings. The molecule has 0 radical (unpaired) electrons. The van der Waals surface area contributed by atoms with E-state index in [1.54, 1.807) is 0 Å². The van der Waals surface area contributed by atoms with Crippen molar-refractivity contribution in [2.45, 2.75) is 45.5 Å². The van der Waals surface area contributed by atoms with Crippen molar-refractivity contribution >= 4 is 17.3 Å². The van der Waals surface area contributed by atoms with Gasteiger partial charge >= 0.3 is 6.18 Å². The number of amides is 1. The minimum absolute atomic E-state index is 0.0653. The zero-order valence-corrected chi connectivity index (χ0v) is 18.2. The van der Waals surface area contributed by atoms with Gasteiger partial charge < -0.3 is 10.2 Å². The first kappa shape index (κ1) is 21.9. The number of hydrogen-bond donors (Lipinski definition) is 1. The molecule has 0 saturated heterocycles. The number of nitrogens with zero attached hydrogens (tertiary/aromatic N) is 1. The van der Waals surface area contributed by atoms with Crippen LogP contribution in [0.15, 0.2) is 66.7 Å². The summed E-state index contributed by atoms with van der Waals surface area (Å²) in [6.45, 7) is 5.86. The Morgan fingerprint density at radius 2 is 1.62 bits per heavy atom. The zero-order chi connectivity index (χ0) is 23.0. The number of carbonyl (C=O) groups excluding carboxylic acids is 1. The smallest absolute Gasteiger partial charge is 0.378 e. The number of rotatable bonds is 3. The lowest BCUT2D eigenvalue weighted by molar-refractivity contribution is -0.137. The fourth-order valence-corrected chi connectivity index (χ4v) is 4.33. The number of hydrogen-bond acceptors (Lipinski definition) is 2. The van der Waals surface area contributed by atoms with Gasteiger partial charge in [-0.3, -0.25) is 4.79 Å². The summed E-state index contributed by atoms with van der Waals surface area (Å²) in [5, 5.41) is 3.54. The Bertz CT molecular complexity index is 1140. The number of anilines is 2. The highest BCUT2D eigenvalue weighted by atomic mass is 19.4. The molecule has 2 atom stereocenters. The zero-order valence-electron chi connectivity index (χ0n) is 18.2. The maximum absolute atomic E-state index is 13.6. The molecular weight excluding hydrogens is 413 g/mol. The van der Waals surface area contributed by atoms with Gasteiger partial charge in [0.15, 0.2) is 0 Å². The lowest BCUT2D eigenvalue weighted by Crippen LogP contribution is -2.45. The van der Waals surface area contributed by atoms with Gasteiger partial charge in [0, 0.05) is 17.4 Å². The third kappa shape index (κ3) is 4.22. The van der Waals surface area contributed by atoms with Gasteiger partial charge in [-0.25, -0.2) is 0 Å². The second-order valence-electron chi connectivity index (χ2n) is 8.43. The Hall–Kier alpha value is -3.28. The Labute approximate surface area is 185 Å². The molecule has 0 unspecified atom stereocenters. The first-order valence-electron chi connectivity index (χ1n) is 10.6. The van der Waals surface area contributed by atoms with E-state index in [4.69, 9.17) is 0 Å². The number of aryl methyl sites for hydroxylation is 2. The van der Waals surface area contributed by atoms with Crippen LogP contribution < -0.4 is 10.2 Å². The average molecular weight is 438 g/mol. The fraction of sp³-hybridized carbons (Fsp3) is 0.269. The second-order valence-corrected chi connectivity index (χ2v) is 8.43. The van der Waals surface area contributed by atoms with E-state index in [1.807, 2.05) is 63.2 Å². The van der Waals surface area contributed by atoms with Crippen molar-refractivity contribution in [1.82, 2.24) is 0 Å². The first-order valence-corrected chi connectivity index (χ1v) is 10.6. The Morgan fingerprint density at radius 1 is 0.969 bits per heavy atom. The summed E-state index contributed by atoms with van der Waals surface area (Å²) in [7, 11) is 0. The number of halogens is 3. The van der Waals surface area contributed by atoms with Crippen LogP contribution in [0.5, 0.6) is 0 Å². The minimum Gasteiger partial charge on any atom is -0.378 e. The normalized spacial score (nSPS) is 18.2. The summed E-state index contributed by atoms with van der Waals surface area (Å²) in [5.41, 5.74) is 3.44. The molecule has 3 nitrogen and oxygen atoms in total. The molecule has 1 aliphatic rings. The molecule has 0 aromatic heterocycles. The molecule has 0 saturated carbocycles. The molecule has 1 amide bonds. The number of nitrogens with one attached hydrogen (secondary N) is 1. The SMILES string of the molecule is Cc1ccc(N[C@H]2C[C@@H](C)N(C(=O)c3ccccc3C(F)(F)F)c3ccc(C)cc32)cc1. The van der Waals surface area contributed by atoms with Gasteiger partial charge in [-0.05, 0) is 63.1 Å². The van der Waals surface area contributed by atoms with E-state index < -0.39 is 17.6 Å². The summed E-state index contributed by atoms with van der Waals surface area (Å²) in [5.74, 6) is -0.635. The van der Waals surface area contributed by atoms with Gasteiger partial charge in [0.05, 0.1) is 17.2 Å². The minimum atomic E-state index is -4.60. The van der Waals surface area contributed by atoms with Crippen LogP contribution in [0.3, 0.4) is 0 Å². The third-order valence-electron chi connectivity index (χ3n) is 5.91. The van der Waals surface area contributed by atoms with Crippen LogP contribution in [0.1, 0.15) is 52.0 Å². The van der Waals surface area contributed by atoms with Crippen LogP contribution in [-0.4, -0.2) is 11.9 Å². The second kappa shape index (κ2) is 8.34. The van der Waals surface area contributed by atoms with Gasteiger partial charge in [0.25, 0.3) is 5.91 Å². The monoisotopic (exact) mass is 438 g/mol. The van der Waals surface area contributed by atoms with Crippen LogP contribution in [0, 0.1) is 13.8 Å². The quantitative estimate of drug-likeness (QED) is 0.482. The molecule has 166 valence electrons. The van der Waals surface area contributed by atoms with Crippen LogP contribution in [-0.2, 0) is 6.18 Å². The van der Waals surface area contributed by atoms with Crippen molar-refractivity contribution < 1.29 is 18.0 Å². The molecule has 1 N–H and O–H groups in total. The van der Waals surface area contributed by atoms with Crippen LogP contribution >= 0.6 is 0 Å². The molecular formula is C26H25F3N2O. The standard InChI is InChI=1S/C26H25F3N2O/c1-16-8-11-19(12-9-16)30-23-15-18(3)31(24-13-10-17(2)14-21(23)24)25(32)20-6-4-5-7-22(20)26(27,28)29/h4-14,18,23,30H,15H2,1-3H3/t18-,23+/m1/s1. The molecule has 1 heterocycles. The molecule has 4 rings (SSSR count). The van der Waals surface area contributed by atoms with Crippen molar-refractivity contribution in [3.05, 3.63) is 94.5 Å². The Balaban J connectivity index is 1.75. The predicted molar refractivity (Wildman–Crippen MR) is 121 cm³/mol. The van der Waals surface area contributed by atoms with Crippen molar-refractivity contribution in [3.63, 3.8) is 0 Å². The van der Waals surface area contributed by atoms with Crippen LogP contribution in [0.4, 0.5) is 24.5 Å². The lowest BCUT2D eigenvalue weighted by Gasteiger charge is -2.40. The van der Waals surface area contributed by atoms with E-state index in [-0.39, 0.29) is 17.6 Å². The Kier molecular flexibility index (Phi) is 5.71. The van der Waals surface area contributed by atoms with Gasteiger partial charge in [-0.15, -0.1) is 0 Å². The van der Waals surface area contributed by atoms with E-state index in [0.29, 0.717) is 12.1 Å². The molecule has 0 bridgehead atoms. The van der Waals surface area contributed by atoms with Crippen molar-refractivity contribution in [2.24, 2.45) is 0 Å². The van der Waals surface area contributed by atoms with E-state index in [1.165, 1.54) is 23.1 Å². The van der Waals surface area contributed by atoms with Gasteiger partial charge in [-0.2, -0.15) is 13.2 Å². The third-order valence-corrected chi connectivity index (χ3v) is 5.91. The summed E-state index contributed by atoms with van der Waals surface area (Å²) < 4.78 is 40.7. The lowest BCUT2D eigenvalue weighted by atomic mass is 9.89.